The number of aromatic nitrogens is 2. The summed E-state index contributed by atoms with van der Waals surface area (Å²) in [6, 6.07) is 0. The Morgan fingerprint density at radius 1 is 1.67 bits per heavy atom. The van der Waals surface area contributed by atoms with Crippen LogP contribution in [0.25, 0.3) is 0 Å². The molecule has 1 fully saturated rings. The van der Waals surface area contributed by atoms with Crippen molar-refractivity contribution in [2.75, 3.05) is 6.54 Å². The van der Waals surface area contributed by atoms with Crippen molar-refractivity contribution < 1.29 is 0 Å². The van der Waals surface area contributed by atoms with Crippen LogP contribution in [0.2, 0.25) is 0 Å². The molecule has 2 rings (SSSR count). The summed E-state index contributed by atoms with van der Waals surface area (Å²) in [5.41, 5.74) is 5.51. The number of hydrogen-bond acceptors (Lipinski definition) is 2. The van der Waals surface area contributed by atoms with Crippen molar-refractivity contribution >= 4 is 22.6 Å². The Morgan fingerprint density at radius 3 is 3.00 bits per heavy atom. The van der Waals surface area contributed by atoms with E-state index in [0.717, 1.165) is 16.2 Å². The molecule has 0 aliphatic heterocycles. The third kappa shape index (κ3) is 1.64. The standard InChI is InChI=1S/C8H12IN3/c9-7-5-12(4-3-10)8(11-7)6-1-2-6/h5-6H,1-4,10H2. The minimum atomic E-state index is 0.701. The molecule has 0 spiro atoms. The van der Waals surface area contributed by atoms with E-state index in [-0.39, 0.29) is 0 Å². The minimum Gasteiger partial charge on any atom is -0.332 e. The zero-order chi connectivity index (χ0) is 8.55. The fraction of sp³-hybridized carbons (Fsp3) is 0.625. The van der Waals surface area contributed by atoms with E-state index in [2.05, 4.69) is 38.3 Å². The molecule has 0 bridgehead atoms. The van der Waals surface area contributed by atoms with E-state index in [1.807, 2.05) is 0 Å². The van der Waals surface area contributed by atoms with E-state index in [9.17, 15) is 0 Å². The Bertz CT molecular complexity index is 278. The maximum Gasteiger partial charge on any atom is 0.119 e. The first kappa shape index (κ1) is 8.50. The highest BCUT2D eigenvalue weighted by Crippen LogP contribution is 2.39. The van der Waals surface area contributed by atoms with Crippen LogP contribution in [0.1, 0.15) is 24.6 Å². The van der Waals surface area contributed by atoms with E-state index in [1.54, 1.807) is 0 Å². The fourth-order valence-corrected chi connectivity index (χ4v) is 1.97. The van der Waals surface area contributed by atoms with Crippen molar-refractivity contribution in [1.82, 2.24) is 9.55 Å². The van der Waals surface area contributed by atoms with Crippen LogP contribution in [-0.2, 0) is 6.54 Å². The number of hydrogen-bond donors (Lipinski definition) is 1. The highest BCUT2D eigenvalue weighted by Gasteiger charge is 2.28. The summed E-state index contributed by atoms with van der Waals surface area (Å²) >= 11 is 2.25. The molecule has 0 unspecified atom stereocenters. The second-order valence-electron chi connectivity index (χ2n) is 3.18. The Kier molecular flexibility index (Phi) is 2.36. The molecule has 3 nitrogen and oxygen atoms in total. The molecule has 0 aromatic carbocycles. The van der Waals surface area contributed by atoms with Crippen LogP contribution in [-0.4, -0.2) is 16.1 Å². The van der Waals surface area contributed by atoms with Gasteiger partial charge in [-0.15, -0.1) is 0 Å². The van der Waals surface area contributed by atoms with Gasteiger partial charge in [0.25, 0.3) is 0 Å². The molecule has 1 heterocycles. The first-order valence-corrected chi connectivity index (χ1v) is 5.32. The van der Waals surface area contributed by atoms with Crippen molar-refractivity contribution in [2.24, 2.45) is 5.73 Å². The van der Waals surface area contributed by atoms with Crippen LogP contribution in [0.15, 0.2) is 6.20 Å². The normalized spacial score (nSPS) is 16.8. The molecule has 1 aliphatic carbocycles. The van der Waals surface area contributed by atoms with Crippen LogP contribution in [0.4, 0.5) is 0 Å². The number of nitrogens with two attached hydrogens (primary N) is 1. The van der Waals surface area contributed by atoms with Gasteiger partial charge in [0, 0.05) is 25.2 Å². The lowest BCUT2D eigenvalue weighted by Gasteiger charge is -2.03. The van der Waals surface area contributed by atoms with Gasteiger partial charge in [0.1, 0.15) is 9.53 Å². The molecule has 66 valence electrons. The van der Waals surface area contributed by atoms with Crippen LogP contribution < -0.4 is 5.73 Å². The van der Waals surface area contributed by atoms with E-state index >= 15 is 0 Å². The molecule has 0 saturated heterocycles. The molecule has 1 aromatic rings. The molecule has 1 saturated carbocycles. The maximum atomic E-state index is 5.51. The van der Waals surface area contributed by atoms with Crippen LogP contribution in [0.5, 0.6) is 0 Å². The summed E-state index contributed by atoms with van der Waals surface area (Å²) < 4.78 is 3.28. The van der Waals surface area contributed by atoms with Gasteiger partial charge in [0.05, 0.1) is 0 Å². The lowest BCUT2D eigenvalue weighted by Crippen LogP contribution is -2.11. The van der Waals surface area contributed by atoms with Gasteiger partial charge in [0.2, 0.25) is 0 Å². The van der Waals surface area contributed by atoms with Gasteiger partial charge in [-0.05, 0) is 35.4 Å². The molecular formula is C8H12IN3. The molecule has 2 N–H and O–H groups in total. The summed E-state index contributed by atoms with van der Waals surface area (Å²) in [6.07, 6.45) is 4.69. The lowest BCUT2D eigenvalue weighted by atomic mass is 10.4. The minimum absolute atomic E-state index is 0.701. The topological polar surface area (TPSA) is 43.8 Å². The number of nitrogens with zero attached hydrogens (tertiary/aromatic N) is 2. The number of halogens is 1. The van der Waals surface area contributed by atoms with Crippen molar-refractivity contribution in [2.45, 2.75) is 25.3 Å². The largest absolute Gasteiger partial charge is 0.332 e. The number of rotatable bonds is 3. The monoisotopic (exact) mass is 277 g/mol. The predicted molar refractivity (Wildman–Crippen MR) is 56.0 cm³/mol. The smallest absolute Gasteiger partial charge is 0.119 e. The lowest BCUT2D eigenvalue weighted by molar-refractivity contribution is 0.662. The summed E-state index contributed by atoms with van der Waals surface area (Å²) in [6.45, 7) is 1.61. The Hall–Kier alpha value is -0.100. The Labute approximate surface area is 85.5 Å². The van der Waals surface area contributed by atoms with Gasteiger partial charge in [-0.25, -0.2) is 4.98 Å². The molecule has 0 amide bonds. The Balaban J connectivity index is 2.24. The van der Waals surface area contributed by atoms with Gasteiger partial charge < -0.3 is 10.3 Å². The molecule has 0 atom stereocenters. The SMILES string of the molecule is NCCn1cc(I)nc1C1CC1. The van der Waals surface area contributed by atoms with Crippen molar-refractivity contribution in [3.63, 3.8) is 0 Å². The third-order valence-corrected chi connectivity index (χ3v) is 2.61. The average Bonchev–Trinajstić information content (AvgIpc) is 2.79. The van der Waals surface area contributed by atoms with E-state index in [4.69, 9.17) is 5.73 Å². The zero-order valence-corrected chi connectivity index (χ0v) is 8.99. The van der Waals surface area contributed by atoms with Gasteiger partial charge in [0.15, 0.2) is 0 Å². The molecule has 12 heavy (non-hydrogen) atoms. The van der Waals surface area contributed by atoms with Gasteiger partial charge in [-0.3, -0.25) is 0 Å². The van der Waals surface area contributed by atoms with Crippen molar-refractivity contribution in [3.05, 3.63) is 15.7 Å². The van der Waals surface area contributed by atoms with E-state index in [1.165, 1.54) is 18.7 Å². The average molecular weight is 277 g/mol. The highest BCUT2D eigenvalue weighted by molar-refractivity contribution is 14.1. The summed E-state index contributed by atoms with van der Waals surface area (Å²) in [5, 5.41) is 0. The van der Waals surface area contributed by atoms with Crippen molar-refractivity contribution in [1.29, 1.82) is 0 Å². The highest BCUT2D eigenvalue weighted by atomic mass is 127. The maximum absolute atomic E-state index is 5.51. The summed E-state index contributed by atoms with van der Waals surface area (Å²) in [4.78, 5) is 4.49. The van der Waals surface area contributed by atoms with E-state index in [0.29, 0.717) is 6.54 Å². The summed E-state index contributed by atoms with van der Waals surface area (Å²) in [5.74, 6) is 1.96. The quantitative estimate of drug-likeness (QED) is 0.847. The molecule has 1 aliphatic rings. The first-order valence-electron chi connectivity index (χ1n) is 4.24. The second kappa shape index (κ2) is 3.33. The molecular weight excluding hydrogens is 265 g/mol. The zero-order valence-electron chi connectivity index (χ0n) is 6.83. The number of imidazole rings is 1. The third-order valence-electron chi connectivity index (χ3n) is 2.09. The van der Waals surface area contributed by atoms with Crippen molar-refractivity contribution in [3.8, 4) is 0 Å². The summed E-state index contributed by atoms with van der Waals surface area (Å²) in [7, 11) is 0. The van der Waals surface area contributed by atoms with Crippen LogP contribution >= 0.6 is 22.6 Å². The van der Waals surface area contributed by atoms with Crippen LogP contribution in [0.3, 0.4) is 0 Å². The molecule has 1 aromatic heterocycles. The predicted octanol–water partition coefficient (Wildman–Crippen LogP) is 1.32. The second-order valence-corrected chi connectivity index (χ2v) is 4.28. The molecule has 0 radical (unpaired) electrons. The fourth-order valence-electron chi connectivity index (χ4n) is 1.38. The van der Waals surface area contributed by atoms with Crippen LogP contribution in [0, 0.1) is 3.70 Å². The Morgan fingerprint density at radius 2 is 2.42 bits per heavy atom. The van der Waals surface area contributed by atoms with Gasteiger partial charge >= 0.3 is 0 Å². The molecule has 4 heteroatoms. The van der Waals surface area contributed by atoms with Gasteiger partial charge in [-0.1, -0.05) is 0 Å². The van der Waals surface area contributed by atoms with Gasteiger partial charge in [-0.2, -0.15) is 0 Å². The van der Waals surface area contributed by atoms with E-state index < -0.39 is 0 Å². The first-order chi connectivity index (χ1) is 5.81.